The summed E-state index contributed by atoms with van der Waals surface area (Å²) >= 11 is 0. The van der Waals surface area contributed by atoms with Gasteiger partial charge in [-0.15, -0.1) is 0 Å². The SMILES string of the molecule is CC(C(=O)N1CCC(Oc2ccccc2)CC1)C1CNC1. The van der Waals surface area contributed by atoms with Crippen molar-refractivity contribution in [3.63, 3.8) is 0 Å². The first kappa shape index (κ1) is 14.4. The number of rotatable bonds is 4. The maximum Gasteiger partial charge on any atom is 0.225 e. The van der Waals surface area contributed by atoms with Crippen LogP contribution in [0.4, 0.5) is 0 Å². The van der Waals surface area contributed by atoms with Crippen LogP contribution in [0.1, 0.15) is 19.8 Å². The Labute approximate surface area is 126 Å². The van der Waals surface area contributed by atoms with E-state index in [1.165, 1.54) is 0 Å². The average molecular weight is 288 g/mol. The van der Waals surface area contributed by atoms with Crippen LogP contribution < -0.4 is 10.1 Å². The van der Waals surface area contributed by atoms with Crippen LogP contribution in [-0.4, -0.2) is 43.1 Å². The van der Waals surface area contributed by atoms with E-state index < -0.39 is 0 Å². The van der Waals surface area contributed by atoms with Crippen molar-refractivity contribution >= 4 is 5.91 Å². The van der Waals surface area contributed by atoms with Gasteiger partial charge in [-0.2, -0.15) is 0 Å². The molecule has 3 rings (SSSR count). The number of likely N-dealkylation sites (tertiary alicyclic amines) is 1. The Kier molecular flexibility index (Phi) is 4.44. The van der Waals surface area contributed by atoms with E-state index in [0.29, 0.717) is 11.8 Å². The van der Waals surface area contributed by atoms with Crippen molar-refractivity contribution in [1.82, 2.24) is 10.2 Å². The smallest absolute Gasteiger partial charge is 0.225 e. The van der Waals surface area contributed by atoms with Crippen molar-refractivity contribution in [3.05, 3.63) is 30.3 Å². The molecule has 1 amide bonds. The quantitative estimate of drug-likeness (QED) is 0.920. The van der Waals surface area contributed by atoms with Gasteiger partial charge in [0.1, 0.15) is 11.9 Å². The van der Waals surface area contributed by atoms with Gasteiger partial charge in [-0.1, -0.05) is 25.1 Å². The third kappa shape index (κ3) is 3.38. The summed E-state index contributed by atoms with van der Waals surface area (Å²) in [6.07, 6.45) is 2.09. The topological polar surface area (TPSA) is 41.6 Å². The van der Waals surface area contributed by atoms with Gasteiger partial charge in [0.25, 0.3) is 0 Å². The first-order valence-corrected chi connectivity index (χ1v) is 7.95. The lowest BCUT2D eigenvalue weighted by Crippen LogP contribution is -2.52. The summed E-state index contributed by atoms with van der Waals surface area (Å²) in [4.78, 5) is 14.5. The van der Waals surface area contributed by atoms with Crippen LogP contribution in [0.15, 0.2) is 30.3 Å². The largest absolute Gasteiger partial charge is 0.490 e. The van der Waals surface area contributed by atoms with Gasteiger partial charge >= 0.3 is 0 Å². The van der Waals surface area contributed by atoms with Crippen LogP contribution in [0.25, 0.3) is 0 Å². The maximum atomic E-state index is 12.5. The summed E-state index contributed by atoms with van der Waals surface area (Å²) in [6, 6.07) is 9.95. The van der Waals surface area contributed by atoms with Crippen molar-refractivity contribution in [3.8, 4) is 5.75 Å². The molecular formula is C17H24N2O2. The van der Waals surface area contributed by atoms with Gasteiger partial charge in [0.05, 0.1) is 0 Å². The predicted octanol–water partition coefficient (Wildman–Crippen LogP) is 1.91. The molecule has 0 saturated carbocycles. The van der Waals surface area contributed by atoms with Crippen molar-refractivity contribution in [2.24, 2.45) is 11.8 Å². The summed E-state index contributed by atoms with van der Waals surface area (Å²) < 4.78 is 5.98. The number of carbonyl (C=O) groups is 1. The molecule has 1 aromatic carbocycles. The van der Waals surface area contributed by atoms with Crippen LogP contribution >= 0.6 is 0 Å². The molecule has 4 heteroatoms. The van der Waals surface area contributed by atoms with E-state index in [-0.39, 0.29) is 12.0 Å². The molecule has 1 N–H and O–H groups in total. The van der Waals surface area contributed by atoms with Crippen molar-refractivity contribution in [2.45, 2.75) is 25.9 Å². The minimum Gasteiger partial charge on any atom is -0.490 e. The molecule has 2 heterocycles. The third-order valence-electron chi connectivity index (χ3n) is 4.71. The Hall–Kier alpha value is -1.55. The molecule has 1 aromatic rings. The molecule has 1 atom stereocenters. The maximum absolute atomic E-state index is 12.5. The second-order valence-corrected chi connectivity index (χ2v) is 6.16. The van der Waals surface area contributed by atoms with E-state index in [9.17, 15) is 4.79 Å². The zero-order valence-electron chi connectivity index (χ0n) is 12.6. The Morgan fingerprint density at radius 3 is 2.48 bits per heavy atom. The number of hydrogen-bond donors (Lipinski definition) is 1. The number of amides is 1. The number of para-hydroxylation sites is 1. The predicted molar refractivity (Wildman–Crippen MR) is 82.2 cm³/mol. The Morgan fingerprint density at radius 1 is 1.24 bits per heavy atom. The van der Waals surface area contributed by atoms with Crippen molar-refractivity contribution < 1.29 is 9.53 Å². The van der Waals surface area contributed by atoms with E-state index in [4.69, 9.17) is 4.74 Å². The molecule has 2 aliphatic rings. The molecule has 2 fully saturated rings. The van der Waals surface area contributed by atoms with Gasteiger partial charge < -0.3 is 15.0 Å². The highest BCUT2D eigenvalue weighted by Gasteiger charge is 2.33. The first-order chi connectivity index (χ1) is 10.2. The zero-order chi connectivity index (χ0) is 14.7. The number of nitrogens with one attached hydrogen (secondary N) is 1. The van der Waals surface area contributed by atoms with Crippen LogP contribution in [0, 0.1) is 11.8 Å². The molecule has 0 spiro atoms. The average Bonchev–Trinajstić information content (AvgIpc) is 2.46. The molecule has 1 unspecified atom stereocenters. The van der Waals surface area contributed by atoms with E-state index >= 15 is 0 Å². The van der Waals surface area contributed by atoms with E-state index in [2.05, 4.69) is 12.2 Å². The molecule has 2 saturated heterocycles. The van der Waals surface area contributed by atoms with E-state index in [1.807, 2.05) is 35.2 Å². The van der Waals surface area contributed by atoms with E-state index in [0.717, 1.165) is 44.8 Å². The number of piperidine rings is 1. The third-order valence-corrected chi connectivity index (χ3v) is 4.71. The monoisotopic (exact) mass is 288 g/mol. The van der Waals surface area contributed by atoms with Gasteiger partial charge in [-0.05, 0) is 31.1 Å². The fraction of sp³-hybridized carbons (Fsp3) is 0.588. The molecular weight excluding hydrogens is 264 g/mol. The summed E-state index contributed by atoms with van der Waals surface area (Å²) in [5, 5.41) is 3.24. The minimum atomic E-state index is 0.151. The zero-order valence-corrected chi connectivity index (χ0v) is 12.6. The number of benzene rings is 1. The van der Waals surface area contributed by atoms with Gasteiger partial charge in [0.2, 0.25) is 5.91 Å². The molecule has 4 nitrogen and oxygen atoms in total. The van der Waals surface area contributed by atoms with Crippen LogP contribution in [0.5, 0.6) is 5.75 Å². The highest BCUT2D eigenvalue weighted by Crippen LogP contribution is 2.23. The fourth-order valence-electron chi connectivity index (χ4n) is 3.04. The lowest BCUT2D eigenvalue weighted by molar-refractivity contribution is -0.139. The number of nitrogens with zero attached hydrogens (tertiary/aromatic N) is 1. The van der Waals surface area contributed by atoms with Crippen molar-refractivity contribution in [2.75, 3.05) is 26.2 Å². The number of carbonyl (C=O) groups excluding carboxylic acids is 1. The van der Waals surface area contributed by atoms with E-state index in [1.54, 1.807) is 0 Å². The normalized spacial score (nSPS) is 21.7. The highest BCUT2D eigenvalue weighted by atomic mass is 16.5. The Bertz CT molecular complexity index is 465. The van der Waals surface area contributed by atoms with Gasteiger partial charge in [-0.25, -0.2) is 0 Å². The molecule has 0 aromatic heterocycles. The van der Waals surface area contributed by atoms with Gasteiger partial charge in [0, 0.05) is 31.8 Å². The first-order valence-electron chi connectivity index (χ1n) is 7.95. The summed E-state index contributed by atoms with van der Waals surface area (Å²) in [5.41, 5.74) is 0. The van der Waals surface area contributed by atoms with Gasteiger partial charge in [0.15, 0.2) is 0 Å². The van der Waals surface area contributed by atoms with Crippen molar-refractivity contribution in [1.29, 1.82) is 0 Å². The van der Waals surface area contributed by atoms with Crippen LogP contribution in [0.2, 0.25) is 0 Å². The molecule has 0 radical (unpaired) electrons. The standard InChI is InChI=1S/C17H24N2O2/c1-13(14-11-18-12-14)17(20)19-9-7-16(8-10-19)21-15-5-3-2-4-6-15/h2-6,13-14,16,18H,7-12H2,1H3. The fourth-order valence-corrected chi connectivity index (χ4v) is 3.04. The molecule has 0 aliphatic carbocycles. The Morgan fingerprint density at radius 2 is 1.90 bits per heavy atom. The summed E-state index contributed by atoms with van der Waals surface area (Å²) in [7, 11) is 0. The molecule has 0 bridgehead atoms. The lowest BCUT2D eigenvalue weighted by atomic mass is 9.87. The number of hydrogen-bond acceptors (Lipinski definition) is 3. The van der Waals surface area contributed by atoms with Crippen LogP contribution in [-0.2, 0) is 4.79 Å². The highest BCUT2D eigenvalue weighted by molar-refractivity contribution is 5.79. The summed E-state index contributed by atoms with van der Waals surface area (Å²) in [5.74, 6) is 1.92. The second-order valence-electron chi connectivity index (χ2n) is 6.16. The number of ether oxygens (including phenoxy) is 1. The molecule has 114 valence electrons. The second kappa shape index (κ2) is 6.48. The molecule has 21 heavy (non-hydrogen) atoms. The lowest BCUT2D eigenvalue weighted by Gasteiger charge is -2.38. The van der Waals surface area contributed by atoms with Gasteiger partial charge in [-0.3, -0.25) is 4.79 Å². The van der Waals surface area contributed by atoms with Crippen LogP contribution in [0.3, 0.4) is 0 Å². The Balaban J connectivity index is 1.47. The minimum absolute atomic E-state index is 0.151. The summed E-state index contributed by atoms with van der Waals surface area (Å²) in [6.45, 7) is 5.68. The molecule has 2 aliphatic heterocycles.